The summed E-state index contributed by atoms with van der Waals surface area (Å²) in [5.41, 5.74) is 11.4. The number of hydrogen-bond acceptors (Lipinski definition) is 3. The molecule has 0 radical (unpaired) electrons. The van der Waals surface area contributed by atoms with Gasteiger partial charge in [0.05, 0.1) is 5.41 Å². The number of rotatable bonds is 5. The van der Waals surface area contributed by atoms with Crippen LogP contribution in [0.3, 0.4) is 0 Å². The van der Waals surface area contributed by atoms with Crippen LogP contribution in [0.2, 0.25) is 0 Å². The second-order valence-electron chi connectivity index (χ2n) is 6.57. The van der Waals surface area contributed by atoms with Crippen LogP contribution in [-0.4, -0.2) is 29.3 Å². The molecule has 116 valence electrons. The van der Waals surface area contributed by atoms with Gasteiger partial charge in [-0.1, -0.05) is 12.1 Å². The van der Waals surface area contributed by atoms with Gasteiger partial charge in [0.2, 0.25) is 11.8 Å². The predicted octanol–water partition coefficient (Wildman–Crippen LogP) is 1.51. The Bertz CT molecular complexity index is 527. The van der Waals surface area contributed by atoms with Gasteiger partial charge < -0.3 is 16.4 Å². The van der Waals surface area contributed by atoms with Crippen molar-refractivity contribution in [2.75, 3.05) is 7.05 Å². The summed E-state index contributed by atoms with van der Waals surface area (Å²) in [6.45, 7) is 7.85. The summed E-state index contributed by atoms with van der Waals surface area (Å²) in [5, 5.41) is 0. The average Bonchev–Trinajstić information content (AvgIpc) is 2.36. The summed E-state index contributed by atoms with van der Waals surface area (Å²) < 4.78 is 0. The molecule has 1 aromatic rings. The fraction of sp³-hybridized carbons (Fsp3) is 0.500. The van der Waals surface area contributed by atoms with Crippen molar-refractivity contribution in [3.05, 3.63) is 35.4 Å². The van der Waals surface area contributed by atoms with E-state index in [9.17, 15) is 9.59 Å². The van der Waals surface area contributed by atoms with Gasteiger partial charge in [-0.25, -0.2) is 0 Å². The zero-order valence-electron chi connectivity index (χ0n) is 13.4. The Morgan fingerprint density at radius 1 is 1.10 bits per heavy atom. The van der Waals surface area contributed by atoms with Gasteiger partial charge in [-0.2, -0.15) is 0 Å². The van der Waals surface area contributed by atoms with Crippen LogP contribution in [0.4, 0.5) is 0 Å². The number of carbonyl (C=O) groups is 2. The first-order chi connectivity index (χ1) is 9.46. The lowest BCUT2D eigenvalue weighted by atomic mass is 9.74. The zero-order chi connectivity index (χ0) is 16.4. The molecule has 0 saturated carbocycles. The van der Waals surface area contributed by atoms with E-state index in [0.29, 0.717) is 12.1 Å². The van der Waals surface area contributed by atoms with E-state index in [1.54, 1.807) is 36.2 Å². The smallest absolute Gasteiger partial charge is 0.248 e. The molecular formula is C16H25N3O2. The molecule has 0 fully saturated rings. The molecule has 0 bridgehead atoms. The Morgan fingerprint density at radius 2 is 1.57 bits per heavy atom. The molecule has 0 aromatic heterocycles. The van der Waals surface area contributed by atoms with Gasteiger partial charge in [0.1, 0.15) is 0 Å². The van der Waals surface area contributed by atoms with Crippen LogP contribution >= 0.6 is 0 Å². The highest BCUT2D eigenvalue weighted by molar-refractivity contribution is 5.92. The van der Waals surface area contributed by atoms with E-state index in [1.165, 1.54) is 0 Å². The van der Waals surface area contributed by atoms with Crippen LogP contribution in [-0.2, 0) is 11.3 Å². The number of amides is 2. The van der Waals surface area contributed by atoms with Gasteiger partial charge in [0.25, 0.3) is 0 Å². The van der Waals surface area contributed by atoms with Crippen molar-refractivity contribution >= 4 is 11.8 Å². The van der Waals surface area contributed by atoms with Gasteiger partial charge in [-0.05, 0) is 45.4 Å². The minimum absolute atomic E-state index is 0.0195. The highest BCUT2D eigenvalue weighted by Gasteiger charge is 2.41. The molecule has 0 aliphatic rings. The second kappa shape index (κ2) is 5.85. The Balaban J connectivity index is 2.84. The Labute approximate surface area is 126 Å². The Hall–Kier alpha value is -1.88. The van der Waals surface area contributed by atoms with Crippen LogP contribution in [0.15, 0.2) is 24.3 Å². The average molecular weight is 291 g/mol. The summed E-state index contributed by atoms with van der Waals surface area (Å²) in [4.78, 5) is 25.2. The normalized spacial score (nSPS) is 12.1. The third kappa shape index (κ3) is 3.82. The second-order valence-corrected chi connectivity index (χ2v) is 6.57. The lowest BCUT2D eigenvalue weighted by Crippen LogP contribution is -2.55. The van der Waals surface area contributed by atoms with E-state index in [0.717, 1.165) is 5.56 Å². The summed E-state index contributed by atoms with van der Waals surface area (Å²) in [7, 11) is 1.75. The summed E-state index contributed by atoms with van der Waals surface area (Å²) in [5.74, 6) is -0.481. The molecule has 4 N–H and O–H groups in total. The lowest BCUT2D eigenvalue weighted by molar-refractivity contribution is -0.142. The van der Waals surface area contributed by atoms with Crippen molar-refractivity contribution < 1.29 is 9.59 Å². The van der Waals surface area contributed by atoms with Crippen LogP contribution in [0.1, 0.15) is 43.6 Å². The number of nitrogens with zero attached hydrogens (tertiary/aromatic N) is 1. The molecule has 0 unspecified atom stereocenters. The molecule has 0 aliphatic carbocycles. The summed E-state index contributed by atoms with van der Waals surface area (Å²) in [6, 6.07) is 6.91. The quantitative estimate of drug-likeness (QED) is 0.861. The maximum Gasteiger partial charge on any atom is 0.248 e. The van der Waals surface area contributed by atoms with Gasteiger partial charge in [-0.3, -0.25) is 9.59 Å². The molecule has 1 aromatic carbocycles. The monoisotopic (exact) mass is 291 g/mol. The van der Waals surface area contributed by atoms with Gasteiger partial charge in [-0.15, -0.1) is 0 Å². The largest absolute Gasteiger partial charge is 0.366 e. The van der Waals surface area contributed by atoms with Crippen LogP contribution < -0.4 is 11.5 Å². The van der Waals surface area contributed by atoms with E-state index in [2.05, 4.69) is 0 Å². The van der Waals surface area contributed by atoms with Crippen molar-refractivity contribution in [1.29, 1.82) is 0 Å². The topological polar surface area (TPSA) is 89.4 Å². The number of hydrogen-bond donors (Lipinski definition) is 2. The Kier molecular flexibility index (Phi) is 4.79. The fourth-order valence-corrected chi connectivity index (χ4v) is 1.87. The molecule has 0 atom stereocenters. The molecule has 5 heteroatoms. The molecule has 0 heterocycles. The maximum atomic E-state index is 12.6. The molecular weight excluding hydrogens is 266 g/mol. The van der Waals surface area contributed by atoms with Crippen molar-refractivity contribution in [2.45, 2.75) is 39.8 Å². The molecule has 2 amide bonds. The molecule has 0 spiro atoms. The summed E-state index contributed by atoms with van der Waals surface area (Å²) >= 11 is 0. The lowest BCUT2D eigenvalue weighted by Gasteiger charge is -2.39. The van der Waals surface area contributed by atoms with E-state index < -0.39 is 16.9 Å². The first-order valence-electron chi connectivity index (χ1n) is 6.90. The number of primary amides is 1. The third-order valence-corrected chi connectivity index (χ3v) is 4.15. The first-order valence-corrected chi connectivity index (χ1v) is 6.90. The van der Waals surface area contributed by atoms with Crippen LogP contribution in [0.25, 0.3) is 0 Å². The molecule has 0 saturated heterocycles. The van der Waals surface area contributed by atoms with Crippen molar-refractivity contribution in [3.63, 3.8) is 0 Å². The molecule has 1 rings (SSSR count). The SMILES string of the molecule is CN(Cc1ccc(C(N)=O)cc1)C(=O)C(C)(C)C(C)(C)N. The maximum absolute atomic E-state index is 12.6. The van der Waals surface area contributed by atoms with Gasteiger partial charge in [0, 0.05) is 24.7 Å². The number of nitrogens with two attached hydrogens (primary N) is 2. The fourth-order valence-electron chi connectivity index (χ4n) is 1.87. The van der Waals surface area contributed by atoms with E-state index in [4.69, 9.17) is 11.5 Å². The highest BCUT2D eigenvalue weighted by Crippen LogP contribution is 2.30. The van der Waals surface area contributed by atoms with Crippen molar-refractivity contribution in [2.24, 2.45) is 16.9 Å². The molecule has 0 aliphatic heterocycles. The van der Waals surface area contributed by atoms with Crippen molar-refractivity contribution in [3.8, 4) is 0 Å². The highest BCUT2D eigenvalue weighted by atomic mass is 16.2. The van der Waals surface area contributed by atoms with Crippen LogP contribution in [0, 0.1) is 5.41 Å². The van der Waals surface area contributed by atoms with Crippen LogP contribution in [0.5, 0.6) is 0 Å². The first kappa shape index (κ1) is 17.2. The van der Waals surface area contributed by atoms with E-state index in [1.807, 2.05) is 27.7 Å². The minimum Gasteiger partial charge on any atom is -0.366 e. The third-order valence-electron chi connectivity index (χ3n) is 4.15. The van der Waals surface area contributed by atoms with Crippen molar-refractivity contribution in [1.82, 2.24) is 4.90 Å². The summed E-state index contributed by atoms with van der Waals surface area (Å²) in [6.07, 6.45) is 0. The predicted molar refractivity (Wildman–Crippen MR) is 83.5 cm³/mol. The zero-order valence-corrected chi connectivity index (χ0v) is 13.4. The standard InChI is InChI=1S/C16H25N3O2/c1-15(2,16(3,4)18)14(21)19(5)10-11-6-8-12(9-7-11)13(17)20/h6-9H,10,18H2,1-5H3,(H2,17,20). The molecule has 21 heavy (non-hydrogen) atoms. The number of benzene rings is 1. The van der Waals surface area contributed by atoms with Gasteiger partial charge >= 0.3 is 0 Å². The van der Waals surface area contributed by atoms with E-state index in [-0.39, 0.29) is 5.91 Å². The van der Waals surface area contributed by atoms with E-state index >= 15 is 0 Å². The Morgan fingerprint density at radius 3 is 1.95 bits per heavy atom. The number of carbonyl (C=O) groups excluding carboxylic acids is 2. The molecule has 5 nitrogen and oxygen atoms in total. The minimum atomic E-state index is -0.672. The van der Waals surface area contributed by atoms with Gasteiger partial charge in [0.15, 0.2) is 0 Å².